The molecule has 2 heteroatoms. The zero-order valence-corrected chi connectivity index (χ0v) is 8.18. The van der Waals surface area contributed by atoms with Crippen LogP contribution >= 0.6 is 0 Å². The Kier molecular flexibility index (Phi) is 3.53. The lowest BCUT2D eigenvalue weighted by molar-refractivity contribution is -0.219. The van der Waals surface area contributed by atoms with Crippen LogP contribution in [0.25, 0.3) is 0 Å². The van der Waals surface area contributed by atoms with Crippen LogP contribution in [0.5, 0.6) is 0 Å². The molecule has 0 aliphatic heterocycles. The first-order valence-electron chi connectivity index (χ1n) is 5.09. The molecule has 1 unspecified atom stereocenters. The third-order valence-electron chi connectivity index (χ3n) is 2.57. The van der Waals surface area contributed by atoms with Crippen LogP contribution in [-0.4, -0.2) is 17.5 Å². The van der Waals surface area contributed by atoms with E-state index in [0.29, 0.717) is 12.5 Å². The molecule has 1 saturated carbocycles. The zero-order valence-electron chi connectivity index (χ0n) is 8.18. The van der Waals surface area contributed by atoms with E-state index in [1.807, 2.05) is 6.92 Å². The van der Waals surface area contributed by atoms with E-state index in [0.717, 1.165) is 32.1 Å². The van der Waals surface area contributed by atoms with Crippen molar-refractivity contribution in [3.63, 3.8) is 0 Å². The van der Waals surface area contributed by atoms with Crippen molar-refractivity contribution < 1.29 is 9.84 Å². The van der Waals surface area contributed by atoms with Crippen molar-refractivity contribution in [2.75, 3.05) is 6.61 Å². The largest absolute Gasteiger partial charge is 0.365 e. The van der Waals surface area contributed by atoms with E-state index < -0.39 is 5.79 Å². The number of hydrogen-bond donors (Lipinski definition) is 1. The van der Waals surface area contributed by atoms with Crippen LogP contribution in [0.4, 0.5) is 0 Å². The number of unbranched alkanes of at least 4 members (excludes halogenated alkanes) is 1. The quantitative estimate of drug-likeness (QED) is 0.492. The molecule has 0 aromatic rings. The average Bonchev–Trinajstić information content (AvgIpc) is 2.87. The highest BCUT2D eigenvalue weighted by atomic mass is 16.6. The Morgan fingerprint density at radius 1 is 1.42 bits per heavy atom. The number of rotatable bonds is 6. The smallest absolute Gasteiger partial charge is 0.167 e. The zero-order chi connectivity index (χ0) is 9.03. The van der Waals surface area contributed by atoms with Gasteiger partial charge in [-0.3, -0.25) is 0 Å². The van der Waals surface area contributed by atoms with Crippen LogP contribution in [-0.2, 0) is 4.74 Å². The monoisotopic (exact) mass is 172 g/mol. The molecule has 0 spiro atoms. The molecule has 1 aliphatic carbocycles. The minimum absolute atomic E-state index is 0.416. The maximum Gasteiger partial charge on any atom is 0.167 e. The second-order valence-corrected chi connectivity index (χ2v) is 3.67. The van der Waals surface area contributed by atoms with Crippen LogP contribution in [0.1, 0.15) is 46.0 Å². The van der Waals surface area contributed by atoms with E-state index in [-0.39, 0.29) is 0 Å². The fourth-order valence-corrected chi connectivity index (χ4v) is 1.44. The SMILES string of the molecule is CCCCOC(O)(CC)C1CC1. The van der Waals surface area contributed by atoms with Crippen LogP contribution in [0.2, 0.25) is 0 Å². The van der Waals surface area contributed by atoms with E-state index >= 15 is 0 Å². The van der Waals surface area contributed by atoms with Crippen molar-refractivity contribution in [3.05, 3.63) is 0 Å². The van der Waals surface area contributed by atoms with Crippen molar-refractivity contribution in [1.82, 2.24) is 0 Å². The minimum Gasteiger partial charge on any atom is -0.365 e. The van der Waals surface area contributed by atoms with Crippen molar-refractivity contribution in [2.24, 2.45) is 5.92 Å². The summed E-state index contributed by atoms with van der Waals surface area (Å²) in [6.07, 6.45) is 5.17. The summed E-state index contributed by atoms with van der Waals surface area (Å²) in [5.74, 6) is -0.380. The lowest BCUT2D eigenvalue weighted by Gasteiger charge is -2.26. The Labute approximate surface area is 74.9 Å². The maximum absolute atomic E-state index is 9.96. The summed E-state index contributed by atoms with van der Waals surface area (Å²) in [7, 11) is 0. The lowest BCUT2D eigenvalue weighted by atomic mass is 10.1. The molecule has 0 saturated heterocycles. The van der Waals surface area contributed by atoms with Crippen LogP contribution in [0.15, 0.2) is 0 Å². The molecule has 0 heterocycles. The summed E-state index contributed by atoms with van der Waals surface area (Å²) < 4.78 is 5.50. The molecule has 1 rings (SSSR count). The van der Waals surface area contributed by atoms with Crippen LogP contribution < -0.4 is 0 Å². The van der Waals surface area contributed by atoms with Gasteiger partial charge in [0.1, 0.15) is 0 Å². The van der Waals surface area contributed by atoms with Crippen molar-refractivity contribution in [2.45, 2.75) is 51.7 Å². The number of aliphatic hydroxyl groups is 1. The summed E-state index contributed by atoms with van der Waals surface area (Å²) in [6, 6.07) is 0. The Bertz CT molecular complexity index is 132. The van der Waals surface area contributed by atoms with Crippen molar-refractivity contribution in [1.29, 1.82) is 0 Å². The predicted octanol–water partition coefficient (Wildman–Crippen LogP) is 2.31. The first-order chi connectivity index (χ1) is 5.73. The summed E-state index contributed by atoms with van der Waals surface area (Å²) >= 11 is 0. The second-order valence-electron chi connectivity index (χ2n) is 3.67. The number of ether oxygens (including phenoxy) is 1. The molecule has 1 atom stereocenters. The van der Waals surface area contributed by atoms with Gasteiger partial charge in [-0.15, -0.1) is 0 Å². The fourth-order valence-electron chi connectivity index (χ4n) is 1.44. The molecule has 0 aromatic heterocycles. The topological polar surface area (TPSA) is 29.5 Å². The molecule has 0 amide bonds. The molecule has 1 N–H and O–H groups in total. The van der Waals surface area contributed by atoms with Crippen molar-refractivity contribution in [3.8, 4) is 0 Å². The normalized spacial score (nSPS) is 22.2. The highest BCUT2D eigenvalue weighted by Gasteiger charge is 2.43. The molecule has 0 aromatic carbocycles. The third kappa shape index (κ3) is 2.46. The highest BCUT2D eigenvalue weighted by Crippen LogP contribution is 2.42. The Balaban J connectivity index is 2.23. The van der Waals surface area contributed by atoms with Gasteiger partial charge in [-0.25, -0.2) is 0 Å². The molecule has 0 bridgehead atoms. The summed E-state index contributed by atoms with van der Waals surface area (Å²) in [4.78, 5) is 0. The maximum atomic E-state index is 9.96. The van der Waals surface area contributed by atoms with Gasteiger partial charge in [0, 0.05) is 5.92 Å². The molecule has 2 nitrogen and oxygen atoms in total. The van der Waals surface area contributed by atoms with E-state index in [4.69, 9.17) is 4.74 Å². The van der Waals surface area contributed by atoms with Gasteiger partial charge in [0.25, 0.3) is 0 Å². The predicted molar refractivity (Wildman–Crippen MR) is 48.8 cm³/mol. The standard InChI is InChI=1S/C10H20O2/c1-3-5-8-12-10(11,4-2)9-6-7-9/h9,11H,3-8H2,1-2H3. The van der Waals surface area contributed by atoms with Gasteiger partial charge in [0.15, 0.2) is 5.79 Å². The van der Waals surface area contributed by atoms with Crippen LogP contribution in [0.3, 0.4) is 0 Å². The Hall–Kier alpha value is -0.0800. The molecule has 0 radical (unpaired) electrons. The van der Waals surface area contributed by atoms with Gasteiger partial charge in [-0.2, -0.15) is 0 Å². The summed E-state index contributed by atoms with van der Waals surface area (Å²) in [5.41, 5.74) is 0. The van der Waals surface area contributed by atoms with Gasteiger partial charge < -0.3 is 9.84 Å². The van der Waals surface area contributed by atoms with Crippen molar-refractivity contribution >= 4 is 0 Å². The first kappa shape index (κ1) is 10.0. The molecule has 12 heavy (non-hydrogen) atoms. The average molecular weight is 172 g/mol. The Morgan fingerprint density at radius 3 is 2.50 bits per heavy atom. The van der Waals surface area contributed by atoms with Gasteiger partial charge in [-0.05, 0) is 25.7 Å². The lowest BCUT2D eigenvalue weighted by Crippen LogP contribution is -2.34. The summed E-state index contributed by atoms with van der Waals surface area (Å²) in [6.45, 7) is 4.83. The van der Waals surface area contributed by atoms with E-state index in [1.54, 1.807) is 0 Å². The fraction of sp³-hybridized carbons (Fsp3) is 1.00. The minimum atomic E-state index is -0.796. The molecular formula is C10H20O2. The van der Waals surface area contributed by atoms with Gasteiger partial charge in [0.2, 0.25) is 0 Å². The van der Waals surface area contributed by atoms with Gasteiger partial charge in [0.05, 0.1) is 6.61 Å². The second kappa shape index (κ2) is 4.24. The van der Waals surface area contributed by atoms with E-state index in [9.17, 15) is 5.11 Å². The van der Waals surface area contributed by atoms with Gasteiger partial charge in [-0.1, -0.05) is 20.3 Å². The molecular weight excluding hydrogens is 152 g/mol. The first-order valence-corrected chi connectivity index (χ1v) is 5.09. The van der Waals surface area contributed by atoms with E-state index in [2.05, 4.69) is 6.92 Å². The van der Waals surface area contributed by atoms with Crippen LogP contribution in [0, 0.1) is 5.92 Å². The summed E-state index contributed by atoms with van der Waals surface area (Å²) in [5, 5.41) is 9.96. The highest BCUT2D eigenvalue weighted by molar-refractivity contribution is 4.87. The molecule has 72 valence electrons. The van der Waals surface area contributed by atoms with E-state index in [1.165, 1.54) is 0 Å². The van der Waals surface area contributed by atoms with Gasteiger partial charge >= 0.3 is 0 Å². The molecule has 1 fully saturated rings. The number of hydrogen-bond acceptors (Lipinski definition) is 2. The third-order valence-corrected chi connectivity index (χ3v) is 2.57. The molecule has 1 aliphatic rings. The Morgan fingerprint density at radius 2 is 2.08 bits per heavy atom.